The monoisotopic (exact) mass is 563 g/mol. The topological polar surface area (TPSA) is 130 Å². The third kappa shape index (κ3) is 7.09. The van der Waals surface area contributed by atoms with Gasteiger partial charge in [-0.25, -0.2) is 0 Å². The Morgan fingerprint density at radius 3 is 2.71 bits per heavy atom. The number of nitrogens with zero attached hydrogens (tertiary/aromatic N) is 3. The van der Waals surface area contributed by atoms with Crippen molar-refractivity contribution in [3.05, 3.63) is 53.9 Å². The number of likely N-dealkylation sites (tertiary alicyclic amines) is 1. The van der Waals surface area contributed by atoms with Gasteiger partial charge in [-0.05, 0) is 56.3 Å². The average molecular weight is 564 g/mol. The highest BCUT2D eigenvalue weighted by molar-refractivity contribution is 6.06. The van der Waals surface area contributed by atoms with E-state index in [9.17, 15) is 19.2 Å². The zero-order valence-electron chi connectivity index (χ0n) is 23.3. The van der Waals surface area contributed by atoms with Crippen LogP contribution in [0, 0.1) is 0 Å². The fourth-order valence-corrected chi connectivity index (χ4v) is 5.69. The Balaban J connectivity index is 1.32. The van der Waals surface area contributed by atoms with Gasteiger partial charge in [0.1, 0.15) is 17.8 Å². The molecule has 2 saturated heterocycles. The van der Waals surface area contributed by atoms with Crippen LogP contribution in [0.15, 0.2) is 48.2 Å². The number of hydrogen-bond acceptors (Lipinski definition) is 8. The van der Waals surface area contributed by atoms with Crippen LogP contribution in [0.4, 0.5) is 0 Å². The second-order valence-electron chi connectivity index (χ2n) is 10.7. The van der Waals surface area contributed by atoms with Crippen molar-refractivity contribution in [2.75, 3.05) is 39.3 Å². The van der Waals surface area contributed by atoms with Gasteiger partial charge in [-0.2, -0.15) is 0 Å². The fourth-order valence-electron chi connectivity index (χ4n) is 5.69. The summed E-state index contributed by atoms with van der Waals surface area (Å²) in [7, 11) is 0. The summed E-state index contributed by atoms with van der Waals surface area (Å²) in [5.74, 6) is -1.67. The first-order valence-electron chi connectivity index (χ1n) is 14.4. The van der Waals surface area contributed by atoms with Gasteiger partial charge >= 0.3 is 5.97 Å². The highest BCUT2D eigenvalue weighted by atomic mass is 16.7. The number of carbonyl (C=O) groups is 4. The zero-order valence-corrected chi connectivity index (χ0v) is 23.3. The molecule has 0 aliphatic carbocycles. The maximum absolute atomic E-state index is 13.8. The summed E-state index contributed by atoms with van der Waals surface area (Å²) in [5, 5.41) is 7.25. The Morgan fingerprint density at radius 1 is 1.10 bits per heavy atom. The molecule has 41 heavy (non-hydrogen) atoms. The molecule has 0 spiro atoms. The van der Waals surface area contributed by atoms with E-state index >= 15 is 0 Å². The van der Waals surface area contributed by atoms with Gasteiger partial charge < -0.3 is 25.0 Å². The van der Waals surface area contributed by atoms with Crippen LogP contribution in [0.25, 0.3) is 10.8 Å². The van der Waals surface area contributed by atoms with Crippen LogP contribution in [-0.2, 0) is 23.9 Å². The number of benzene rings is 1. The maximum Gasteiger partial charge on any atom is 0.310 e. The lowest BCUT2D eigenvalue weighted by atomic mass is 10.1. The van der Waals surface area contributed by atoms with Crippen LogP contribution >= 0.6 is 0 Å². The summed E-state index contributed by atoms with van der Waals surface area (Å²) in [6, 6.07) is 7.80. The number of amides is 3. The van der Waals surface area contributed by atoms with Gasteiger partial charge in [0.05, 0.1) is 13.0 Å². The van der Waals surface area contributed by atoms with Crippen molar-refractivity contribution >= 4 is 34.5 Å². The van der Waals surface area contributed by atoms with Crippen LogP contribution in [-0.4, -0.2) is 96.2 Å². The van der Waals surface area contributed by atoms with Gasteiger partial charge in [-0.15, -0.1) is 0 Å². The number of pyridine rings is 1. The Kier molecular flexibility index (Phi) is 9.25. The van der Waals surface area contributed by atoms with Crippen LogP contribution in [0.1, 0.15) is 49.5 Å². The molecule has 1 aromatic carbocycles. The summed E-state index contributed by atoms with van der Waals surface area (Å²) >= 11 is 0. The molecule has 2 fully saturated rings. The molecule has 218 valence electrons. The lowest BCUT2D eigenvalue weighted by Crippen LogP contribution is -2.52. The second kappa shape index (κ2) is 13.2. The van der Waals surface area contributed by atoms with Crippen molar-refractivity contribution in [1.82, 2.24) is 25.4 Å². The molecule has 3 atom stereocenters. The van der Waals surface area contributed by atoms with Crippen LogP contribution in [0.5, 0.6) is 0 Å². The molecule has 3 amide bonds. The van der Waals surface area contributed by atoms with E-state index in [4.69, 9.17) is 9.47 Å². The molecular formula is C30H37N5O6. The summed E-state index contributed by atoms with van der Waals surface area (Å²) in [6.07, 6.45) is 6.54. The minimum absolute atomic E-state index is 0.00117. The molecular weight excluding hydrogens is 526 g/mol. The normalized spacial score (nSPS) is 23.6. The molecule has 5 rings (SSSR count). The van der Waals surface area contributed by atoms with Gasteiger partial charge in [0.2, 0.25) is 18.1 Å². The van der Waals surface area contributed by atoms with Crippen LogP contribution in [0.3, 0.4) is 0 Å². The molecule has 11 nitrogen and oxygen atoms in total. The SMILES string of the molecule is CCOC1OC(=O)CC1NC(=O)CN1CC(CN2CCCCC2)=CCC(NC(=O)c2nccc3ccccc23)C1=O. The number of cyclic esters (lactones) is 1. The van der Waals surface area contributed by atoms with Crippen molar-refractivity contribution < 1.29 is 28.7 Å². The van der Waals surface area contributed by atoms with Crippen molar-refractivity contribution in [3.63, 3.8) is 0 Å². The van der Waals surface area contributed by atoms with Crippen molar-refractivity contribution in [1.29, 1.82) is 0 Å². The number of esters is 1. The summed E-state index contributed by atoms with van der Waals surface area (Å²) in [5.41, 5.74) is 1.27. The molecule has 0 bridgehead atoms. The van der Waals surface area contributed by atoms with Crippen LogP contribution < -0.4 is 10.6 Å². The van der Waals surface area contributed by atoms with E-state index in [0.29, 0.717) is 25.0 Å². The Morgan fingerprint density at radius 2 is 1.90 bits per heavy atom. The summed E-state index contributed by atoms with van der Waals surface area (Å²) < 4.78 is 10.6. The number of piperidine rings is 1. The zero-order chi connectivity index (χ0) is 28.8. The van der Waals surface area contributed by atoms with E-state index in [-0.39, 0.29) is 31.1 Å². The number of carbonyl (C=O) groups excluding carboxylic acids is 4. The molecule has 11 heteroatoms. The van der Waals surface area contributed by atoms with E-state index in [1.807, 2.05) is 36.4 Å². The van der Waals surface area contributed by atoms with E-state index in [0.717, 1.165) is 36.9 Å². The molecule has 4 heterocycles. The fraction of sp³-hybridized carbons (Fsp3) is 0.500. The largest absolute Gasteiger partial charge is 0.433 e. The summed E-state index contributed by atoms with van der Waals surface area (Å²) in [4.78, 5) is 60.2. The molecule has 2 N–H and O–H groups in total. The van der Waals surface area contributed by atoms with Gasteiger partial charge in [0.25, 0.3) is 5.91 Å². The number of fused-ring (bicyclic) bond motifs is 1. The smallest absolute Gasteiger partial charge is 0.310 e. The molecule has 0 saturated carbocycles. The van der Waals surface area contributed by atoms with Gasteiger partial charge in [0, 0.05) is 31.3 Å². The van der Waals surface area contributed by atoms with Gasteiger partial charge in [0.15, 0.2) is 0 Å². The van der Waals surface area contributed by atoms with Gasteiger partial charge in [-0.3, -0.25) is 29.1 Å². The lowest BCUT2D eigenvalue weighted by Gasteiger charge is -2.30. The number of rotatable bonds is 9. The number of aromatic nitrogens is 1. The van der Waals surface area contributed by atoms with E-state index < -0.39 is 36.2 Å². The van der Waals surface area contributed by atoms with Crippen molar-refractivity contribution in [3.8, 4) is 0 Å². The Hall–Kier alpha value is -3.83. The van der Waals surface area contributed by atoms with Crippen molar-refractivity contribution in [2.45, 2.75) is 57.4 Å². The molecule has 2 aromatic rings. The quantitative estimate of drug-likeness (QED) is 0.349. The third-order valence-corrected chi connectivity index (χ3v) is 7.69. The van der Waals surface area contributed by atoms with E-state index in [1.165, 1.54) is 11.3 Å². The Labute approximate surface area is 239 Å². The molecule has 3 unspecified atom stereocenters. The second-order valence-corrected chi connectivity index (χ2v) is 10.7. The minimum atomic E-state index is -0.859. The average Bonchev–Trinajstić information content (AvgIpc) is 3.25. The van der Waals surface area contributed by atoms with E-state index in [2.05, 4.69) is 20.5 Å². The third-order valence-electron chi connectivity index (χ3n) is 7.69. The van der Waals surface area contributed by atoms with Gasteiger partial charge in [-0.1, -0.05) is 36.8 Å². The predicted octanol–water partition coefficient (Wildman–Crippen LogP) is 1.77. The standard InChI is InChI=1S/C30H37N5O6/c1-2-40-30-24(16-26(37)41-30)32-25(36)19-35-18-20(17-34-14-6-3-7-15-34)10-11-23(29(35)39)33-28(38)27-22-9-5-4-8-21(22)12-13-31-27/h4-5,8-10,12-13,23-24,30H,2-3,6-7,11,14-19H2,1H3,(H,32,36)(H,33,38). The van der Waals surface area contributed by atoms with Crippen molar-refractivity contribution in [2.24, 2.45) is 0 Å². The molecule has 0 radical (unpaired) electrons. The van der Waals surface area contributed by atoms with E-state index in [1.54, 1.807) is 13.1 Å². The number of nitrogens with one attached hydrogen (secondary N) is 2. The lowest BCUT2D eigenvalue weighted by molar-refractivity contribution is -0.164. The Bertz CT molecular complexity index is 1320. The first kappa shape index (κ1) is 28.7. The number of ether oxygens (including phenoxy) is 2. The molecule has 3 aliphatic rings. The number of hydrogen-bond donors (Lipinski definition) is 2. The first-order chi connectivity index (χ1) is 19.9. The van der Waals surface area contributed by atoms with Crippen LogP contribution in [0.2, 0.25) is 0 Å². The molecule has 3 aliphatic heterocycles. The molecule has 1 aromatic heterocycles. The first-order valence-corrected chi connectivity index (χ1v) is 14.4. The highest BCUT2D eigenvalue weighted by Crippen LogP contribution is 2.20. The summed E-state index contributed by atoms with van der Waals surface area (Å²) in [6.45, 7) is 4.84. The highest BCUT2D eigenvalue weighted by Gasteiger charge is 2.37. The maximum atomic E-state index is 13.8. The predicted molar refractivity (Wildman–Crippen MR) is 151 cm³/mol. The minimum Gasteiger partial charge on any atom is -0.433 e.